The zero-order chi connectivity index (χ0) is 10.3. The van der Waals surface area contributed by atoms with Gasteiger partial charge in [-0.15, -0.1) is 0 Å². The molecule has 1 N–H and O–H groups in total. The van der Waals surface area contributed by atoms with E-state index in [1.165, 1.54) is 12.8 Å². The summed E-state index contributed by atoms with van der Waals surface area (Å²) in [6.45, 7) is 12.7. The van der Waals surface area contributed by atoms with Gasteiger partial charge in [-0.05, 0) is 40.7 Å². The second-order valence-corrected chi connectivity index (χ2v) is 4.60. The lowest BCUT2D eigenvalue weighted by atomic mass is 10.2. The Balaban J connectivity index is 3.35. The number of hydrogen-bond donors (Lipinski definition) is 1. The highest BCUT2D eigenvalue weighted by Crippen LogP contribution is 2.09. The third-order valence-electron chi connectivity index (χ3n) is 1.69. The lowest BCUT2D eigenvalue weighted by Crippen LogP contribution is -2.33. The molecule has 0 heterocycles. The molecule has 80 valence electrons. The van der Waals surface area contributed by atoms with Crippen LogP contribution in [0.15, 0.2) is 0 Å². The van der Waals surface area contributed by atoms with Crippen LogP contribution < -0.4 is 5.32 Å². The Morgan fingerprint density at radius 1 is 1.31 bits per heavy atom. The standard InChI is InChI=1S/C11H25NO/c1-6-7-8-12-9-10(2)13-11(3,4)5/h10,12H,6-9H2,1-5H3. The molecule has 0 aromatic rings. The number of nitrogens with one attached hydrogen (secondary N) is 1. The first-order chi connectivity index (χ1) is 5.95. The maximum absolute atomic E-state index is 5.76. The van der Waals surface area contributed by atoms with E-state index in [-0.39, 0.29) is 5.60 Å². The van der Waals surface area contributed by atoms with Gasteiger partial charge in [-0.25, -0.2) is 0 Å². The second kappa shape index (κ2) is 6.39. The summed E-state index contributed by atoms with van der Waals surface area (Å²) in [5.41, 5.74) is -0.0220. The summed E-state index contributed by atoms with van der Waals surface area (Å²) < 4.78 is 5.76. The van der Waals surface area contributed by atoms with Crippen molar-refractivity contribution in [3.05, 3.63) is 0 Å². The molecule has 0 aliphatic rings. The zero-order valence-electron chi connectivity index (χ0n) is 9.81. The van der Waals surface area contributed by atoms with Gasteiger partial charge in [-0.2, -0.15) is 0 Å². The van der Waals surface area contributed by atoms with E-state index >= 15 is 0 Å². The van der Waals surface area contributed by atoms with E-state index in [0.717, 1.165) is 13.1 Å². The molecule has 0 bridgehead atoms. The minimum atomic E-state index is -0.0220. The number of unbranched alkanes of at least 4 members (excludes halogenated alkanes) is 1. The fourth-order valence-corrected chi connectivity index (χ4v) is 1.25. The molecule has 2 nitrogen and oxygen atoms in total. The van der Waals surface area contributed by atoms with Gasteiger partial charge in [0.25, 0.3) is 0 Å². The maximum atomic E-state index is 5.76. The van der Waals surface area contributed by atoms with Crippen LogP contribution in [0.3, 0.4) is 0 Å². The van der Waals surface area contributed by atoms with Gasteiger partial charge in [-0.1, -0.05) is 13.3 Å². The van der Waals surface area contributed by atoms with Crippen molar-refractivity contribution in [1.82, 2.24) is 5.32 Å². The molecule has 0 amide bonds. The van der Waals surface area contributed by atoms with Crippen molar-refractivity contribution in [3.63, 3.8) is 0 Å². The van der Waals surface area contributed by atoms with Crippen molar-refractivity contribution in [2.24, 2.45) is 0 Å². The summed E-state index contributed by atoms with van der Waals surface area (Å²) in [7, 11) is 0. The fraction of sp³-hybridized carbons (Fsp3) is 1.00. The SMILES string of the molecule is CCCCNCC(C)OC(C)(C)C. The highest BCUT2D eigenvalue weighted by Gasteiger charge is 2.14. The molecule has 0 aliphatic heterocycles. The van der Waals surface area contributed by atoms with E-state index in [1.807, 2.05) is 0 Å². The van der Waals surface area contributed by atoms with Gasteiger partial charge < -0.3 is 10.1 Å². The molecule has 0 aromatic carbocycles. The maximum Gasteiger partial charge on any atom is 0.0678 e. The lowest BCUT2D eigenvalue weighted by Gasteiger charge is -2.25. The van der Waals surface area contributed by atoms with Crippen LogP contribution in [0.4, 0.5) is 0 Å². The van der Waals surface area contributed by atoms with Crippen molar-refractivity contribution in [2.75, 3.05) is 13.1 Å². The first-order valence-corrected chi connectivity index (χ1v) is 5.34. The third kappa shape index (κ3) is 9.84. The molecule has 0 radical (unpaired) electrons. The summed E-state index contributed by atoms with van der Waals surface area (Å²) >= 11 is 0. The molecule has 0 saturated carbocycles. The van der Waals surface area contributed by atoms with Crippen molar-refractivity contribution >= 4 is 0 Å². The van der Waals surface area contributed by atoms with Gasteiger partial charge in [0.05, 0.1) is 11.7 Å². The van der Waals surface area contributed by atoms with Crippen molar-refractivity contribution in [2.45, 2.75) is 59.2 Å². The average Bonchev–Trinajstić information content (AvgIpc) is 1.94. The monoisotopic (exact) mass is 187 g/mol. The van der Waals surface area contributed by atoms with Gasteiger partial charge in [0, 0.05) is 6.54 Å². The Hall–Kier alpha value is -0.0800. The normalized spacial score (nSPS) is 14.5. The minimum Gasteiger partial charge on any atom is -0.372 e. The number of rotatable bonds is 6. The predicted molar refractivity (Wildman–Crippen MR) is 58.1 cm³/mol. The quantitative estimate of drug-likeness (QED) is 0.645. The van der Waals surface area contributed by atoms with Crippen LogP contribution in [0.1, 0.15) is 47.5 Å². The van der Waals surface area contributed by atoms with Crippen LogP contribution in [0.25, 0.3) is 0 Å². The summed E-state index contributed by atoms with van der Waals surface area (Å²) in [6.07, 6.45) is 2.81. The molecule has 0 spiro atoms. The molecular weight excluding hydrogens is 162 g/mol. The van der Waals surface area contributed by atoms with E-state index < -0.39 is 0 Å². The lowest BCUT2D eigenvalue weighted by molar-refractivity contribution is -0.0497. The second-order valence-electron chi connectivity index (χ2n) is 4.60. The molecule has 0 aromatic heterocycles. The van der Waals surface area contributed by atoms with Crippen LogP contribution in [-0.4, -0.2) is 24.8 Å². The van der Waals surface area contributed by atoms with Crippen LogP contribution in [-0.2, 0) is 4.74 Å². The van der Waals surface area contributed by atoms with Crippen LogP contribution in [0, 0.1) is 0 Å². The van der Waals surface area contributed by atoms with Gasteiger partial charge in [0.1, 0.15) is 0 Å². The molecular formula is C11H25NO. The zero-order valence-corrected chi connectivity index (χ0v) is 9.81. The minimum absolute atomic E-state index is 0.0220. The molecule has 1 atom stereocenters. The molecule has 2 heteroatoms. The molecule has 13 heavy (non-hydrogen) atoms. The highest BCUT2D eigenvalue weighted by molar-refractivity contribution is 4.64. The first-order valence-electron chi connectivity index (χ1n) is 5.34. The molecule has 0 rings (SSSR count). The van der Waals surface area contributed by atoms with E-state index in [2.05, 4.69) is 39.9 Å². The highest BCUT2D eigenvalue weighted by atomic mass is 16.5. The van der Waals surface area contributed by atoms with Crippen molar-refractivity contribution in [3.8, 4) is 0 Å². The van der Waals surface area contributed by atoms with Gasteiger partial charge >= 0.3 is 0 Å². The Morgan fingerprint density at radius 3 is 2.38 bits per heavy atom. The summed E-state index contributed by atoms with van der Waals surface area (Å²) in [4.78, 5) is 0. The summed E-state index contributed by atoms with van der Waals surface area (Å²) in [6, 6.07) is 0. The molecule has 1 unspecified atom stereocenters. The summed E-state index contributed by atoms with van der Waals surface area (Å²) in [5, 5.41) is 3.38. The van der Waals surface area contributed by atoms with Crippen LogP contribution in [0.2, 0.25) is 0 Å². The number of ether oxygens (including phenoxy) is 1. The topological polar surface area (TPSA) is 21.3 Å². The first kappa shape index (κ1) is 12.9. The number of hydrogen-bond acceptors (Lipinski definition) is 2. The Bertz CT molecular complexity index is 118. The Morgan fingerprint density at radius 2 is 1.92 bits per heavy atom. The molecule has 0 fully saturated rings. The third-order valence-corrected chi connectivity index (χ3v) is 1.69. The van der Waals surface area contributed by atoms with Crippen LogP contribution in [0.5, 0.6) is 0 Å². The summed E-state index contributed by atoms with van der Waals surface area (Å²) in [5.74, 6) is 0. The smallest absolute Gasteiger partial charge is 0.0678 e. The average molecular weight is 187 g/mol. The van der Waals surface area contributed by atoms with Crippen molar-refractivity contribution < 1.29 is 4.74 Å². The molecule has 0 aliphatic carbocycles. The van der Waals surface area contributed by atoms with Gasteiger partial charge in [-0.3, -0.25) is 0 Å². The predicted octanol–water partition coefficient (Wildman–Crippen LogP) is 2.58. The van der Waals surface area contributed by atoms with Gasteiger partial charge in [0.2, 0.25) is 0 Å². The van der Waals surface area contributed by atoms with E-state index in [1.54, 1.807) is 0 Å². The van der Waals surface area contributed by atoms with Gasteiger partial charge in [0.15, 0.2) is 0 Å². The van der Waals surface area contributed by atoms with E-state index in [0.29, 0.717) is 6.10 Å². The molecule has 0 saturated heterocycles. The van der Waals surface area contributed by atoms with E-state index in [4.69, 9.17) is 4.74 Å². The van der Waals surface area contributed by atoms with Crippen LogP contribution >= 0.6 is 0 Å². The van der Waals surface area contributed by atoms with E-state index in [9.17, 15) is 0 Å². The Labute approximate surface area is 83.1 Å². The van der Waals surface area contributed by atoms with Crippen molar-refractivity contribution in [1.29, 1.82) is 0 Å². The Kier molecular flexibility index (Phi) is 6.35. The fourth-order valence-electron chi connectivity index (χ4n) is 1.25. The largest absolute Gasteiger partial charge is 0.372 e.